The lowest BCUT2D eigenvalue weighted by Crippen LogP contribution is -2.40. The predicted octanol–water partition coefficient (Wildman–Crippen LogP) is 4.30. The molecule has 198 valence electrons. The summed E-state index contributed by atoms with van der Waals surface area (Å²) in [6.45, 7) is 2.14. The van der Waals surface area contributed by atoms with E-state index >= 15 is 0 Å². The average Bonchev–Trinajstić information content (AvgIpc) is 3.60. The summed E-state index contributed by atoms with van der Waals surface area (Å²) in [6, 6.07) is 23.3. The Balaban J connectivity index is 1.26. The number of ether oxygens (including phenoxy) is 2. The van der Waals surface area contributed by atoms with E-state index in [9.17, 15) is 14.9 Å². The Kier molecular flexibility index (Phi) is 6.48. The van der Waals surface area contributed by atoms with Crippen molar-refractivity contribution in [3.63, 3.8) is 0 Å². The number of carbonyl (C=O) groups excluding carboxylic acids is 2. The summed E-state index contributed by atoms with van der Waals surface area (Å²) in [6.07, 6.45) is 1.38. The van der Waals surface area contributed by atoms with Crippen LogP contribution >= 0.6 is 0 Å². The van der Waals surface area contributed by atoms with Gasteiger partial charge in [0.1, 0.15) is 23.4 Å². The Bertz CT molecular complexity index is 1780. The van der Waals surface area contributed by atoms with Gasteiger partial charge >= 0.3 is 0 Å². The molecule has 1 aliphatic rings. The minimum atomic E-state index is -0.358. The lowest BCUT2D eigenvalue weighted by atomic mass is 10.1. The number of nitrogen functional groups attached to an aromatic ring is 1. The molecule has 10 nitrogen and oxygen atoms in total. The van der Waals surface area contributed by atoms with Crippen molar-refractivity contribution in [2.45, 2.75) is 0 Å². The first-order valence-electron chi connectivity index (χ1n) is 12.7. The van der Waals surface area contributed by atoms with Gasteiger partial charge in [-0.15, -0.1) is 0 Å². The van der Waals surface area contributed by atoms with Crippen molar-refractivity contribution in [2.75, 3.05) is 32.0 Å². The van der Waals surface area contributed by atoms with Crippen LogP contribution in [0.2, 0.25) is 0 Å². The van der Waals surface area contributed by atoms with Gasteiger partial charge < -0.3 is 25.1 Å². The van der Waals surface area contributed by atoms with Crippen LogP contribution in [0.3, 0.4) is 0 Å². The number of fused-ring (bicyclic) bond motifs is 1. The van der Waals surface area contributed by atoms with E-state index in [0.717, 1.165) is 5.39 Å². The summed E-state index contributed by atoms with van der Waals surface area (Å²) in [5.41, 5.74) is 8.82. The Morgan fingerprint density at radius 2 is 1.80 bits per heavy atom. The molecule has 0 atom stereocenters. The van der Waals surface area contributed by atoms with Crippen LogP contribution in [0.4, 0.5) is 5.82 Å². The molecule has 1 saturated heterocycles. The van der Waals surface area contributed by atoms with E-state index < -0.39 is 0 Å². The molecule has 40 heavy (non-hydrogen) atoms. The summed E-state index contributed by atoms with van der Waals surface area (Å²) in [5, 5.41) is 14.8. The first-order valence-corrected chi connectivity index (χ1v) is 12.7. The highest BCUT2D eigenvalue weighted by molar-refractivity contribution is 6.13. The highest BCUT2D eigenvalue weighted by Crippen LogP contribution is 2.28. The van der Waals surface area contributed by atoms with Crippen molar-refractivity contribution < 1.29 is 19.1 Å². The van der Waals surface area contributed by atoms with Gasteiger partial charge in [-0.3, -0.25) is 9.59 Å². The zero-order valence-electron chi connectivity index (χ0n) is 21.3. The normalized spacial score (nSPS) is 13.2. The fourth-order valence-electron chi connectivity index (χ4n) is 4.68. The number of nitrogens with one attached hydrogen (secondary N) is 1. The lowest BCUT2D eigenvalue weighted by molar-refractivity contribution is 0.0303. The smallest absolute Gasteiger partial charge is 0.254 e. The number of morpholine rings is 1. The second kappa shape index (κ2) is 10.4. The summed E-state index contributed by atoms with van der Waals surface area (Å²) < 4.78 is 12.5. The van der Waals surface area contributed by atoms with E-state index in [1.807, 2.05) is 30.3 Å². The van der Waals surface area contributed by atoms with E-state index in [1.54, 1.807) is 47.4 Å². The second-order valence-electron chi connectivity index (χ2n) is 9.28. The van der Waals surface area contributed by atoms with E-state index in [1.165, 1.54) is 10.9 Å². The summed E-state index contributed by atoms with van der Waals surface area (Å²) in [7, 11) is 0. The van der Waals surface area contributed by atoms with Crippen LogP contribution < -0.4 is 10.5 Å². The quantitative estimate of drug-likeness (QED) is 0.311. The molecule has 0 bridgehead atoms. The number of rotatable bonds is 6. The number of aromatic amines is 1. The Morgan fingerprint density at radius 3 is 2.58 bits per heavy atom. The number of amides is 1. The van der Waals surface area contributed by atoms with Gasteiger partial charge in [0.15, 0.2) is 0 Å². The molecule has 3 N–H and O–H groups in total. The molecule has 3 heterocycles. The molecule has 5 aromatic rings. The van der Waals surface area contributed by atoms with Crippen molar-refractivity contribution in [3.05, 3.63) is 101 Å². The maximum Gasteiger partial charge on any atom is 0.254 e. The molecule has 0 radical (unpaired) electrons. The number of benzene rings is 3. The van der Waals surface area contributed by atoms with E-state index in [-0.39, 0.29) is 28.6 Å². The van der Waals surface area contributed by atoms with Gasteiger partial charge in [-0.1, -0.05) is 18.2 Å². The third kappa shape index (κ3) is 4.66. The third-order valence-electron chi connectivity index (χ3n) is 6.76. The molecule has 1 fully saturated rings. The first kappa shape index (κ1) is 24.9. The van der Waals surface area contributed by atoms with Gasteiger partial charge in [-0.05, 0) is 48.5 Å². The molecular formula is C30H24N6O4. The number of H-pyrrole nitrogens is 1. The molecule has 0 spiro atoms. The molecule has 0 saturated carbocycles. The van der Waals surface area contributed by atoms with Crippen molar-refractivity contribution in [1.29, 1.82) is 5.26 Å². The van der Waals surface area contributed by atoms with Crippen molar-refractivity contribution in [3.8, 4) is 23.3 Å². The minimum Gasteiger partial charge on any atom is -0.457 e. The zero-order chi connectivity index (χ0) is 27.6. The summed E-state index contributed by atoms with van der Waals surface area (Å²) in [4.78, 5) is 31.2. The fourth-order valence-corrected chi connectivity index (χ4v) is 4.68. The number of nitriles is 1. The minimum absolute atomic E-state index is 0.0710. The molecule has 3 aromatic carbocycles. The van der Waals surface area contributed by atoms with Gasteiger partial charge in [-0.2, -0.15) is 10.4 Å². The maximum atomic E-state index is 13.4. The van der Waals surface area contributed by atoms with Crippen molar-refractivity contribution in [1.82, 2.24) is 19.7 Å². The number of hydrogen-bond acceptors (Lipinski definition) is 7. The van der Waals surface area contributed by atoms with Crippen LogP contribution in [0, 0.1) is 11.3 Å². The number of nitrogens with zero attached hydrogens (tertiary/aromatic N) is 4. The Hall–Kier alpha value is -5.40. The van der Waals surface area contributed by atoms with E-state index in [0.29, 0.717) is 60.3 Å². The molecule has 2 aromatic heterocycles. The molecule has 1 amide bonds. The second-order valence-corrected chi connectivity index (χ2v) is 9.28. The van der Waals surface area contributed by atoms with Crippen LogP contribution in [0.1, 0.15) is 32.0 Å². The molecule has 0 aliphatic carbocycles. The SMILES string of the molecule is N#Cc1cc(Oc2ccccc2)ccc1-n1ncc(C(=O)c2cc3cc(C(=O)N4CCOCC4)ccc3[nH]2)c1N. The number of aromatic nitrogens is 3. The van der Waals surface area contributed by atoms with E-state index in [2.05, 4.69) is 16.2 Å². The van der Waals surface area contributed by atoms with E-state index in [4.69, 9.17) is 15.2 Å². The van der Waals surface area contributed by atoms with Gasteiger partial charge in [0.05, 0.1) is 41.9 Å². The molecule has 0 unspecified atom stereocenters. The topological polar surface area (TPSA) is 139 Å². The molecular weight excluding hydrogens is 508 g/mol. The summed E-state index contributed by atoms with van der Waals surface area (Å²) in [5.74, 6) is 0.793. The number of anilines is 1. The standard InChI is InChI=1S/C30H24N6O4/c31-17-21-15-23(40-22-4-2-1-3-5-22)7-9-27(21)36-29(32)24(18-33-36)28(37)26-16-20-14-19(6-8-25(20)34-26)30(38)35-10-12-39-13-11-35/h1-9,14-16,18,34H,10-13,32H2. The van der Waals surface area contributed by atoms with Crippen LogP contribution in [0.15, 0.2) is 79.0 Å². The number of para-hydroxylation sites is 1. The van der Waals surface area contributed by atoms with Crippen LogP contribution in [0.25, 0.3) is 16.6 Å². The predicted molar refractivity (Wildman–Crippen MR) is 148 cm³/mol. The third-order valence-corrected chi connectivity index (χ3v) is 6.76. The fraction of sp³-hybridized carbons (Fsp3) is 0.133. The number of hydrogen-bond donors (Lipinski definition) is 2. The Labute approximate surface area is 229 Å². The van der Waals surface area contributed by atoms with Gasteiger partial charge in [0.25, 0.3) is 5.91 Å². The maximum absolute atomic E-state index is 13.4. The lowest BCUT2D eigenvalue weighted by Gasteiger charge is -2.26. The van der Waals surface area contributed by atoms with Crippen LogP contribution in [0.5, 0.6) is 11.5 Å². The van der Waals surface area contributed by atoms with Gasteiger partial charge in [-0.25, -0.2) is 4.68 Å². The van der Waals surface area contributed by atoms with Crippen LogP contribution in [-0.2, 0) is 4.74 Å². The summed E-state index contributed by atoms with van der Waals surface area (Å²) >= 11 is 0. The number of nitrogens with two attached hydrogens (primary N) is 1. The molecule has 6 rings (SSSR count). The number of carbonyl (C=O) groups is 2. The Morgan fingerprint density at radius 1 is 1.00 bits per heavy atom. The number of ketones is 1. The highest BCUT2D eigenvalue weighted by atomic mass is 16.5. The largest absolute Gasteiger partial charge is 0.457 e. The van der Waals surface area contributed by atoms with Crippen LogP contribution in [-0.4, -0.2) is 57.7 Å². The average molecular weight is 533 g/mol. The molecule has 10 heteroatoms. The van der Waals surface area contributed by atoms with Gasteiger partial charge in [0.2, 0.25) is 5.78 Å². The highest BCUT2D eigenvalue weighted by Gasteiger charge is 2.22. The van der Waals surface area contributed by atoms with Crippen molar-refractivity contribution >= 4 is 28.4 Å². The zero-order valence-corrected chi connectivity index (χ0v) is 21.3. The molecule has 1 aliphatic heterocycles. The monoisotopic (exact) mass is 532 g/mol. The van der Waals surface area contributed by atoms with Crippen molar-refractivity contribution in [2.24, 2.45) is 0 Å². The van der Waals surface area contributed by atoms with Gasteiger partial charge in [0, 0.05) is 35.6 Å². The first-order chi connectivity index (χ1) is 19.5.